The summed E-state index contributed by atoms with van der Waals surface area (Å²) in [5.74, 6) is 0.835. The minimum atomic E-state index is -4.75. The molecule has 3 unspecified atom stereocenters. The van der Waals surface area contributed by atoms with E-state index in [1.165, 1.54) is 4.90 Å². The minimum absolute atomic E-state index is 0.0382. The Hall–Kier alpha value is -1.76. The summed E-state index contributed by atoms with van der Waals surface area (Å²) in [4.78, 5) is 13.8. The summed E-state index contributed by atoms with van der Waals surface area (Å²) < 4.78 is 40.7. The molecule has 4 heterocycles. The fourth-order valence-corrected chi connectivity index (χ4v) is 3.89. The molecule has 1 aromatic heterocycles. The molecule has 2 amide bonds. The van der Waals surface area contributed by atoms with E-state index in [0.717, 1.165) is 19.4 Å². The summed E-state index contributed by atoms with van der Waals surface area (Å²) in [6.07, 6.45) is 3.01. The van der Waals surface area contributed by atoms with Gasteiger partial charge in [0.25, 0.3) is 0 Å². The summed E-state index contributed by atoms with van der Waals surface area (Å²) in [7, 11) is -4.75. The SMILES string of the molecule is O=C1N2CC(CCC2c2nnc(C3CCCN3)o2)N1OS(=O)(=O)O. The normalized spacial score (nSPS) is 30.4. The molecule has 24 heavy (non-hydrogen) atoms. The number of amides is 2. The molecule has 0 aromatic carbocycles. The van der Waals surface area contributed by atoms with Gasteiger partial charge in [0.05, 0.1) is 12.1 Å². The highest BCUT2D eigenvalue weighted by molar-refractivity contribution is 7.80. The molecule has 11 nitrogen and oxygen atoms in total. The van der Waals surface area contributed by atoms with Crippen LogP contribution in [-0.4, -0.2) is 58.3 Å². The van der Waals surface area contributed by atoms with Crippen LogP contribution >= 0.6 is 0 Å². The Bertz CT molecular complexity index is 745. The van der Waals surface area contributed by atoms with Crippen molar-refractivity contribution in [3.63, 3.8) is 0 Å². The van der Waals surface area contributed by atoms with E-state index >= 15 is 0 Å². The largest absolute Gasteiger partial charge is 0.421 e. The Morgan fingerprint density at radius 3 is 2.75 bits per heavy atom. The van der Waals surface area contributed by atoms with Gasteiger partial charge in [-0.05, 0) is 32.2 Å². The Kier molecular flexibility index (Phi) is 3.71. The van der Waals surface area contributed by atoms with E-state index in [9.17, 15) is 13.2 Å². The Balaban J connectivity index is 1.53. The van der Waals surface area contributed by atoms with Crippen molar-refractivity contribution in [1.82, 2.24) is 25.5 Å². The topological polar surface area (TPSA) is 138 Å². The maximum atomic E-state index is 12.4. The van der Waals surface area contributed by atoms with Crippen molar-refractivity contribution in [2.24, 2.45) is 0 Å². The summed E-state index contributed by atoms with van der Waals surface area (Å²) in [6.45, 7) is 1.18. The predicted molar refractivity (Wildman–Crippen MR) is 76.6 cm³/mol. The van der Waals surface area contributed by atoms with Crippen molar-refractivity contribution >= 4 is 16.4 Å². The lowest BCUT2D eigenvalue weighted by molar-refractivity contribution is -0.0317. The van der Waals surface area contributed by atoms with E-state index < -0.39 is 28.5 Å². The molecule has 1 aromatic rings. The standard InChI is InChI=1S/C12H17N5O6S/c18-12-16-6-7(17(12)23-24(19,20)21)3-4-9(16)11-15-14-10(22-11)8-2-1-5-13-8/h7-9,13H,1-6H2,(H,19,20,21). The molecule has 0 saturated carbocycles. The first-order chi connectivity index (χ1) is 11.4. The second-order valence-corrected chi connectivity index (χ2v) is 7.14. The molecule has 12 heteroatoms. The van der Waals surface area contributed by atoms with E-state index in [1.807, 2.05) is 0 Å². The zero-order chi connectivity index (χ0) is 16.9. The van der Waals surface area contributed by atoms with E-state index in [-0.39, 0.29) is 12.6 Å². The summed E-state index contributed by atoms with van der Waals surface area (Å²) in [5, 5.41) is 12.1. The number of fused-ring (bicyclic) bond motifs is 2. The van der Waals surface area contributed by atoms with Gasteiger partial charge in [0, 0.05) is 6.54 Å². The van der Waals surface area contributed by atoms with Gasteiger partial charge in [0.15, 0.2) is 0 Å². The first-order valence-electron chi connectivity index (χ1n) is 7.76. The first-order valence-corrected chi connectivity index (χ1v) is 9.12. The van der Waals surface area contributed by atoms with Crippen molar-refractivity contribution in [2.75, 3.05) is 13.1 Å². The molecule has 132 valence electrons. The van der Waals surface area contributed by atoms with Gasteiger partial charge in [0.2, 0.25) is 11.8 Å². The molecule has 2 N–H and O–H groups in total. The zero-order valence-corrected chi connectivity index (χ0v) is 13.5. The zero-order valence-electron chi connectivity index (χ0n) is 12.7. The van der Waals surface area contributed by atoms with Gasteiger partial charge in [-0.25, -0.2) is 4.79 Å². The maximum Gasteiger partial charge on any atom is 0.418 e. The average Bonchev–Trinajstić information content (AvgIpc) is 3.24. The molecule has 3 aliphatic rings. The highest BCUT2D eigenvalue weighted by Gasteiger charge is 2.49. The second kappa shape index (κ2) is 5.65. The molecule has 0 radical (unpaired) electrons. The quantitative estimate of drug-likeness (QED) is 0.720. The number of carbonyl (C=O) groups excluding carboxylic acids is 1. The molecule has 0 spiro atoms. The van der Waals surface area contributed by atoms with Crippen molar-refractivity contribution in [3.05, 3.63) is 11.8 Å². The van der Waals surface area contributed by atoms with Gasteiger partial charge in [-0.3, -0.25) is 4.55 Å². The van der Waals surface area contributed by atoms with E-state index in [1.54, 1.807) is 0 Å². The highest BCUT2D eigenvalue weighted by atomic mass is 32.3. The van der Waals surface area contributed by atoms with Gasteiger partial charge in [-0.15, -0.1) is 14.5 Å². The van der Waals surface area contributed by atoms with Gasteiger partial charge < -0.3 is 14.6 Å². The minimum Gasteiger partial charge on any atom is -0.421 e. The summed E-state index contributed by atoms with van der Waals surface area (Å²) in [5.41, 5.74) is 0. The van der Waals surface area contributed by atoms with Gasteiger partial charge >= 0.3 is 16.4 Å². The second-order valence-electron chi connectivity index (χ2n) is 6.14. The third kappa shape index (κ3) is 2.75. The Morgan fingerprint density at radius 1 is 1.25 bits per heavy atom. The molecule has 4 rings (SSSR count). The molecule has 0 aliphatic carbocycles. The van der Waals surface area contributed by atoms with Crippen LogP contribution < -0.4 is 5.32 Å². The third-order valence-electron chi connectivity index (χ3n) is 4.60. The predicted octanol–water partition coefficient (Wildman–Crippen LogP) is 0.170. The Labute approximate surface area is 137 Å². The number of aromatic nitrogens is 2. The number of hydrogen-bond donors (Lipinski definition) is 2. The van der Waals surface area contributed by atoms with E-state index in [0.29, 0.717) is 29.7 Å². The van der Waals surface area contributed by atoms with Crippen LogP contribution in [0.4, 0.5) is 4.79 Å². The molecule has 3 atom stereocenters. The van der Waals surface area contributed by atoms with Crippen LogP contribution in [0.2, 0.25) is 0 Å². The molecule has 3 saturated heterocycles. The number of hydroxylamine groups is 2. The van der Waals surface area contributed by atoms with Crippen LogP contribution in [0.15, 0.2) is 4.42 Å². The van der Waals surface area contributed by atoms with Crippen LogP contribution in [0.3, 0.4) is 0 Å². The lowest BCUT2D eigenvalue weighted by Gasteiger charge is -2.27. The molecular weight excluding hydrogens is 342 g/mol. The van der Waals surface area contributed by atoms with Crippen molar-refractivity contribution in [3.8, 4) is 0 Å². The monoisotopic (exact) mass is 359 g/mol. The smallest absolute Gasteiger partial charge is 0.418 e. The van der Waals surface area contributed by atoms with Crippen LogP contribution in [0.5, 0.6) is 0 Å². The van der Waals surface area contributed by atoms with Crippen LogP contribution in [0, 0.1) is 0 Å². The lowest BCUT2D eigenvalue weighted by Crippen LogP contribution is -2.35. The van der Waals surface area contributed by atoms with Crippen molar-refractivity contribution in [1.29, 1.82) is 0 Å². The number of nitrogens with zero attached hydrogens (tertiary/aromatic N) is 4. The number of carbonyl (C=O) groups is 1. The maximum absolute atomic E-state index is 12.4. The third-order valence-corrected chi connectivity index (χ3v) is 4.95. The number of nitrogens with one attached hydrogen (secondary N) is 1. The van der Waals surface area contributed by atoms with Crippen molar-refractivity contribution in [2.45, 2.75) is 43.8 Å². The molecule has 3 fully saturated rings. The molecule has 3 aliphatic heterocycles. The summed E-state index contributed by atoms with van der Waals surface area (Å²) >= 11 is 0. The number of urea groups is 1. The number of piperidine rings is 1. The molecular formula is C12H17N5O6S. The highest BCUT2D eigenvalue weighted by Crippen LogP contribution is 2.38. The van der Waals surface area contributed by atoms with Gasteiger partial charge in [-0.1, -0.05) is 0 Å². The van der Waals surface area contributed by atoms with Crippen molar-refractivity contribution < 1.29 is 26.5 Å². The van der Waals surface area contributed by atoms with Gasteiger partial charge in [-0.2, -0.15) is 13.5 Å². The van der Waals surface area contributed by atoms with E-state index in [4.69, 9.17) is 8.97 Å². The number of hydrogen-bond acceptors (Lipinski definition) is 8. The van der Waals surface area contributed by atoms with Crippen LogP contribution in [-0.2, 0) is 14.7 Å². The number of rotatable bonds is 4. The van der Waals surface area contributed by atoms with E-state index in [2.05, 4.69) is 19.8 Å². The molecule has 2 bridgehead atoms. The summed E-state index contributed by atoms with van der Waals surface area (Å²) in [6, 6.07) is -1.46. The first kappa shape index (κ1) is 15.7. The Morgan fingerprint density at radius 2 is 2.04 bits per heavy atom. The van der Waals surface area contributed by atoms with Crippen LogP contribution in [0.25, 0.3) is 0 Å². The average molecular weight is 359 g/mol. The lowest BCUT2D eigenvalue weighted by atomic mass is 10.0. The fraction of sp³-hybridized carbons (Fsp3) is 0.750. The fourth-order valence-electron chi connectivity index (χ4n) is 3.51. The van der Waals surface area contributed by atoms with Crippen LogP contribution in [0.1, 0.15) is 49.5 Å². The van der Waals surface area contributed by atoms with Gasteiger partial charge in [0.1, 0.15) is 6.04 Å².